The standard InChI is InChI=1S/C16H13N3O4.ClH/c17-16(22)11-2-1-5-19(7-11)8-13(20)10-3-4-14-12(6-10)18-15(21)9-23-14;/h1-7H,8-9H2,(H2-,17,18,21,22);1H. The van der Waals surface area contributed by atoms with Gasteiger partial charge in [0.15, 0.2) is 19.0 Å². The monoisotopic (exact) mass is 347 g/mol. The number of halogens is 1. The molecular weight excluding hydrogens is 334 g/mol. The molecule has 0 unspecified atom stereocenters. The largest absolute Gasteiger partial charge is 1.00 e. The number of carbonyl (C=O) groups is 3. The SMILES string of the molecule is NC(=O)c1ccc[n+](CC(=O)c2ccc3c(c2)NC(=O)CO3)c1.[Cl-]. The number of ether oxygens (including phenoxy) is 1. The Morgan fingerprint density at radius 2 is 2.04 bits per heavy atom. The highest BCUT2D eigenvalue weighted by Crippen LogP contribution is 2.28. The van der Waals surface area contributed by atoms with Gasteiger partial charge in [-0.2, -0.15) is 4.57 Å². The second-order valence-corrected chi connectivity index (χ2v) is 5.10. The molecule has 0 radical (unpaired) electrons. The number of ketones is 1. The van der Waals surface area contributed by atoms with Crippen molar-refractivity contribution in [3.63, 3.8) is 0 Å². The Bertz CT molecular complexity index is 823. The summed E-state index contributed by atoms with van der Waals surface area (Å²) >= 11 is 0. The molecule has 2 aromatic rings. The van der Waals surface area contributed by atoms with Crippen LogP contribution in [0.2, 0.25) is 0 Å². The smallest absolute Gasteiger partial charge is 0.262 e. The number of benzene rings is 1. The van der Waals surface area contributed by atoms with Crippen molar-refractivity contribution in [2.45, 2.75) is 6.54 Å². The summed E-state index contributed by atoms with van der Waals surface area (Å²) in [4.78, 5) is 34.9. The van der Waals surface area contributed by atoms with E-state index in [1.54, 1.807) is 41.1 Å². The Balaban J connectivity index is 0.00000208. The van der Waals surface area contributed by atoms with Crippen LogP contribution >= 0.6 is 0 Å². The van der Waals surface area contributed by atoms with Crippen LogP contribution in [0.1, 0.15) is 20.7 Å². The number of amides is 2. The summed E-state index contributed by atoms with van der Waals surface area (Å²) < 4.78 is 6.83. The maximum Gasteiger partial charge on any atom is 0.262 e. The van der Waals surface area contributed by atoms with Crippen LogP contribution in [0, 0.1) is 0 Å². The molecule has 3 N–H and O–H groups in total. The molecule has 3 rings (SSSR count). The van der Waals surface area contributed by atoms with Gasteiger partial charge in [0, 0.05) is 11.6 Å². The van der Waals surface area contributed by atoms with Gasteiger partial charge in [-0.05, 0) is 24.3 Å². The van der Waals surface area contributed by atoms with Crippen LogP contribution < -0.4 is 32.8 Å². The van der Waals surface area contributed by atoms with Crippen molar-refractivity contribution in [2.75, 3.05) is 11.9 Å². The molecule has 0 saturated carbocycles. The van der Waals surface area contributed by atoms with Gasteiger partial charge >= 0.3 is 0 Å². The fraction of sp³-hybridized carbons (Fsp3) is 0.125. The molecule has 2 amide bonds. The Hall–Kier alpha value is -2.93. The lowest BCUT2D eigenvalue weighted by atomic mass is 10.1. The van der Waals surface area contributed by atoms with Gasteiger partial charge in [0.1, 0.15) is 11.3 Å². The third kappa shape index (κ3) is 3.69. The Kier molecular flexibility index (Phi) is 5.15. The lowest BCUT2D eigenvalue weighted by Gasteiger charge is -2.18. The van der Waals surface area contributed by atoms with Crippen molar-refractivity contribution in [3.05, 3.63) is 53.9 Å². The van der Waals surface area contributed by atoms with E-state index in [2.05, 4.69) is 5.32 Å². The van der Waals surface area contributed by atoms with E-state index in [0.29, 0.717) is 22.6 Å². The van der Waals surface area contributed by atoms with Crippen molar-refractivity contribution < 1.29 is 36.1 Å². The number of anilines is 1. The number of fused-ring (bicyclic) bond motifs is 1. The fourth-order valence-corrected chi connectivity index (χ4v) is 2.28. The first-order chi connectivity index (χ1) is 11.0. The molecule has 0 saturated heterocycles. The fourth-order valence-electron chi connectivity index (χ4n) is 2.28. The average molecular weight is 348 g/mol. The number of carbonyl (C=O) groups excluding carboxylic acids is 3. The summed E-state index contributed by atoms with van der Waals surface area (Å²) in [6.07, 6.45) is 3.19. The van der Waals surface area contributed by atoms with Crippen LogP contribution in [-0.4, -0.2) is 24.2 Å². The van der Waals surface area contributed by atoms with Crippen LogP contribution in [0.5, 0.6) is 5.75 Å². The van der Waals surface area contributed by atoms with Crippen molar-refractivity contribution >= 4 is 23.3 Å². The highest BCUT2D eigenvalue weighted by molar-refractivity contribution is 6.00. The molecule has 0 aliphatic carbocycles. The Morgan fingerprint density at radius 3 is 2.79 bits per heavy atom. The second-order valence-electron chi connectivity index (χ2n) is 5.10. The number of nitrogens with one attached hydrogen (secondary N) is 1. The van der Waals surface area contributed by atoms with Gasteiger partial charge in [0.2, 0.25) is 12.3 Å². The molecule has 1 aliphatic heterocycles. The van der Waals surface area contributed by atoms with E-state index in [1.165, 1.54) is 6.20 Å². The number of nitrogens with two attached hydrogens (primary N) is 1. The maximum atomic E-state index is 12.4. The van der Waals surface area contributed by atoms with Crippen LogP contribution in [0.15, 0.2) is 42.7 Å². The molecule has 0 bridgehead atoms. The third-order valence-corrected chi connectivity index (χ3v) is 3.40. The predicted molar refractivity (Wildman–Crippen MR) is 80.1 cm³/mol. The van der Waals surface area contributed by atoms with Crippen molar-refractivity contribution in [2.24, 2.45) is 5.73 Å². The van der Waals surface area contributed by atoms with Gasteiger partial charge in [-0.15, -0.1) is 0 Å². The van der Waals surface area contributed by atoms with Crippen molar-refractivity contribution in [1.82, 2.24) is 0 Å². The molecule has 7 nitrogen and oxygen atoms in total. The average Bonchev–Trinajstić information content (AvgIpc) is 2.54. The zero-order chi connectivity index (χ0) is 16.4. The first-order valence-electron chi connectivity index (χ1n) is 6.92. The number of rotatable bonds is 4. The van der Waals surface area contributed by atoms with E-state index in [4.69, 9.17) is 10.5 Å². The van der Waals surface area contributed by atoms with Gasteiger partial charge in [-0.25, -0.2) is 0 Å². The van der Waals surface area contributed by atoms with Crippen LogP contribution in [0.25, 0.3) is 0 Å². The molecule has 124 valence electrons. The summed E-state index contributed by atoms with van der Waals surface area (Å²) in [6.45, 7) is 0.0186. The van der Waals surface area contributed by atoms with Gasteiger partial charge in [0.25, 0.3) is 11.8 Å². The quantitative estimate of drug-likeness (QED) is 0.464. The number of hydrogen-bond acceptors (Lipinski definition) is 4. The van der Waals surface area contributed by atoms with E-state index < -0.39 is 5.91 Å². The molecule has 1 aromatic heterocycles. The molecule has 24 heavy (non-hydrogen) atoms. The minimum absolute atomic E-state index is 0. The summed E-state index contributed by atoms with van der Waals surface area (Å²) in [5.74, 6) is -0.449. The normalized spacial score (nSPS) is 12.2. The van der Waals surface area contributed by atoms with Gasteiger partial charge in [0.05, 0.1) is 5.69 Å². The minimum atomic E-state index is -0.555. The van der Waals surface area contributed by atoms with E-state index in [1.807, 2.05) is 0 Å². The van der Waals surface area contributed by atoms with E-state index in [9.17, 15) is 14.4 Å². The molecule has 0 fully saturated rings. The molecular formula is C16H14ClN3O4. The van der Waals surface area contributed by atoms with E-state index in [0.717, 1.165) is 0 Å². The highest BCUT2D eigenvalue weighted by Gasteiger charge is 2.19. The topological polar surface area (TPSA) is 102 Å². The number of primary amides is 1. The molecule has 8 heteroatoms. The van der Waals surface area contributed by atoms with Gasteiger partial charge in [-0.1, -0.05) is 0 Å². The number of hydrogen-bond donors (Lipinski definition) is 2. The molecule has 0 spiro atoms. The lowest BCUT2D eigenvalue weighted by molar-refractivity contribution is -0.683. The van der Waals surface area contributed by atoms with Crippen LogP contribution in [-0.2, 0) is 11.3 Å². The number of Topliss-reactive ketones (excluding diaryl/α,β-unsaturated/α-hetero) is 1. The summed E-state index contributed by atoms with van der Waals surface area (Å²) in [5, 5.41) is 2.66. The lowest BCUT2D eigenvalue weighted by Crippen LogP contribution is -3.00. The zero-order valence-corrected chi connectivity index (χ0v) is 13.2. The third-order valence-electron chi connectivity index (χ3n) is 3.40. The molecule has 1 aromatic carbocycles. The number of aromatic nitrogens is 1. The number of nitrogens with zero attached hydrogens (tertiary/aromatic N) is 1. The minimum Gasteiger partial charge on any atom is -1.00 e. The van der Waals surface area contributed by atoms with E-state index in [-0.39, 0.29) is 37.2 Å². The molecule has 0 atom stereocenters. The predicted octanol–water partition coefficient (Wildman–Crippen LogP) is -2.71. The maximum absolute atomic E-state index is 12.4. The van der Waals surface area contributed by atoms with Crippen LogP contribution in [0.3, 0.4) is 0 Å². The number of pyridine rings is 1. The summed E-state index contributed by atoms with van der Waals surface area (Å²) in [5.41, 5.74) is 6.46. The van der Waals surface area contributed by atoms with Crippen molar-refractivity contribution in [3.8, 4) is 5.75 Å². The van der Waals surface area contributed by atoms with Gasteiger partial charge < -0.3 is 28.2 Å². The zero-order valence-electron chi connectivity index (χ0n) is 12.5. The molecule has 2 heterocycles. The summed E-state index contributed by atoms with van der Waals surface area (Å²) in [7, 11) is 0. The van der Waals surface area contributed by atoms with Gasteiger partial charge in [-0.3, -0.25) is 14.4 Å². The first-order valence-corrected chi connectivity index (χ1v) is 6.92. The van der Waals surface area contributed by atoms with E-state index >= 15 is 0 Å². The second kappa shape index (κ2) is 7.10. The van der Waals surface area contributed by atoms with Crippen molar-refractivity contribution in [1.29, 1.82) is 0 Å². The van der Waals surface area contributed by atoms with Crippen LogP contribution in [0.4, 0.5) is 5.69 Å². The highest BCUT2D eigenvalue weighted by atomic mass is 35.5. The summed E-state index contributed by atoms with van der Waals surface area (Å²) in [6, 6.07) is 8.08. The molecule has 1 aliphatic rings. The Morgan fingerprint density at radius 1 is 1.25 bits per heavy atom. The Labute approximate surface area is 143 Å². The first kappa shape index (κ1) is 17.4.